The van der Waals surface area contributed by atoms with Gasteiger partial charge in [-0.25, -0.2) is 8.42 Å². The molecule has 0 aromatic heterocycles. The first-order valence-electron chi connectivity index (χ1n) is 1.81. The molecular weight excluding hydrogens is 183 g/mol. The molecule has 0 radical (unpaired) electrons. The average Bonchev–Trinajstić information content (AvgIpc) is 1.14. The normalized spacial score (nSPS) is 19.0. The Kier molecular flexibility index (Phi) is 2.75. The van der Waals surface area contributed by atoms with E-state index < -0.39 is 16.6 Å². The average molecular weight is 190 g/mol. The van der Waals surface area contributed by atoms with Gasteiger partial charge in [0, 0.05) is 0 Å². The van der Waals surface area contributed by atoms with E-state index in [0.29, 0.717) is 0 Å². The number of sulfonamides is 1. The maximum absolute atomic E-state index is 10.3. The van der Waals surface area contributed by atoms with E-state index in [4.69, 9.17) is 10.4 Å². The van der Waals surface area contributed by atoms with Gasteiger partial charge in [-0.3, -0.25) is 5.50 Å². The minimum absolute atomic E-state index is 0.872. The fraction of sp³-hybridized carbons (Fsp3) is 1.00. The van der Waals surface area contributed by atoms with Gasteiger partial charge in [0.25, 0.3) is 0 Å². The van der Waals surface area contributed by atoms with E-state index in [2.05, 4.69) is 11.8 Å². The summed E-state index contributed by atoms with van der Waals surface area (Å²) in [4.78, 5) is 8.57. The third-order valence-electron chi connectivity index (χ3n) is 0.297. The number of nitrogens with one attached hydrogen (secondary N) is 1. The molecule has 0 fully saturated rings. The first-order valence-corrected chi connectivity index (χ1v) is 6.53. The maximum Gasteiger partial charge on any atom is 0.215 e. The zero-order valence-corrected chi connectivity index (χ0v) is 7.13. The molecule has 0 rings (SSSR count). The van der Waals surface area contributed by atoms with E-state index in [9.17, 15) is 8.42 Å². The summed E-state index contributed by atoms with van der Waals surface area (Å²) in [6.45, 7) is -3.29. The van der Waals surface area contributed by atoms with Gasteiger partial charge in [-0.1, -0.05) is 0 Å². The van der Waals surface area contributed by atoms with Crippen molar-refractivity contribution in [1.82, 2.24) is 4.49 Å². The van der Waals surface area contributed by atoms with Crippen LogP contribution in [0.2, 0.25) is 0 Å². The summed E-state index contributed by atoms with van der Waals surface area (Å²) in [5.74, 6) is 0. The fourth-order valence-corrected chi connectivity index (χ4v) is 3.36. The molecule has 0 aliphatic heterocycles. The Balaban J connectivity index is 4.26. The standard InChI is InChI=1S/CH7N2O3PS2/c1-9(5,6)3-7(2,4)8/h1H3,(H4,2,3,4,8). The number of hydrogen-bond donors (Lipinski definition) is 3. The Bertz CT molecular complexity index is 226. The molecule has 0 aliphatic rings. The highest BCUT2D eigenvalue weighted by Crippen LogP contribution is 2.24. The predicted molar refractivity (Wildman–Crippen MR) is 38.7 cm³/mol. The van der Waals surface area contributed by atoms with E-state index >= 15 is 0 Å². The Hall–Kier alpha value is 0.480. The molecule has 0 aliphatic carbocycles. The smallest absolute Gasteiger partial charge is 0.215 e. The van der Waals surface area contributed by atoms with Crippen LogP contribution in [0.4, 0.5) is 0 Å². The molecule has 1 unspecified atom stereocenters. The van der Waals surface area contributed by atoms with Crippen LogP contribution in [-0.4, -0.2) is 19.6 Å². The van der Waals surface area contributed by atoms with E-state index in [1.165, 1.54) is 0 Å². The maximum atomic E-state index is 10.3. The van der Waals surface area contributed by atoms with Crippen molar-refractivity contribution in [3.8, 4) is 0 Å². The Labute approximate surface area is 58.5 Å². The van der Waals surface area contributed by atoms with E-state index in [1.807, 2.05) is 0 Å². The third kappa shape index (κ3) is 8.48. The highest BCUT2D eigenvalue weighted by molar-refractivity contribution is 8.14. The summed E-state index contributed by atoms with van der Waals surface area (Å²) >= 11 is 4.19. The van der Waals surface area contributed by atoms with Crippen LogP contribution in [0.15, 0.2) is 0 Å². The molecule has 4 N–H and O–H groups in total. The number of hydrogen-bond acceptors (Lipinski definition) is 3. The first kappa shape index (κ1) is 9.48. The summed E-state index contributed by atoms with van der Waals surface area (Å²) in [5, 5.41) is 0. The SMILES string of the molecule is CS(=O)(=O)NP(N)(O)=S. The number of nitrogens with two attached hydrogens (primary N) is 1. The van der Waals surface area contributed by atoms with Crippen LogP contribution in [-0.2, 0) is 21.8 Å². The molecular formula is CH7N2O3PS2. The van der Waals surface area contributed by atoms with Gasteiger partial charge < -0.3 is 4.89 Å². The van der Waals surface area contributed by atoms with Crippen molar-refractivity contribution < 1.29 is 13.3 Å². The van der Waals surface area contributed by atoms with Gasteiger partial charge in [0.2, 0.25) is 16.6 Å². The topological polar surface area (TPSA) is 92.4 Å². The lowest BCUT2D eigenvalue weighted by molar-refractivity contribution is 0.588. The quantitative estimate of drug-likeness (QED) is 0.471. The van der Waals surface area contributed by atoms with Crippen molar-refractivity contribution in [2.75, 3.05) is 6.26 Å². The van der Waals surface area contributed by atoms with Crippen molar-refractivity contribution >= 4 is 28.4 Å². The minimum Gasteiger partial charge on any atom is -0.342 e. The summed E-state index contributed by atoms with van der Waals surface area (Å²) in [5.41, 5.74) is 4.81. The summed E-state index contributed by atoms with van der Waals surface area (Å²) in [7, 11) is -3.46. The second-order valence-electron chi connectivity index (χ2n) is 1.49. The van der Waals surface area contributed by atoms with Crippen LogP contribution in [0.3, 0.4) is 0 Å². The largest absolute Gasteiger partial charge is 0.342 e. The van der Waals surface area contributed by atoms with Gasteiger partial charge in [-0.15, -0.1) is 0 Å². The molecule has 9 heavy (non-hydrogen) atoms. The molecule has 0 saturated carbocycles. The second-order valence-corrected chi connectivity index (χ2v) is 6.68. The molecule has 0 heterocycles. The molecule has 5 nitrogen and oxygen atoms in total. The van der Waals surface area contributed by atoms with E-state index in [1.54, 1.807) is 4.49 Å². The van der Waals surface area contributed by atoms with Gasteiger partial charge in [-0.05, 0) is 11.8 Å². The minimum atomic E-state index is -3.46. The van der Waals surface area contributed by atoms with E-state index in [0.717, 1.165) is 6.26 Å². The van der Waals surface area contributed by atoms with Gasteiger partial charge in [-0.2, -0.15) is 4.49 Å². The lowest BCUT2D eigenvalue weighted by Gasteiger charge is -2.06. The van der Waals surface area contributed by atoms with Gasteiger partial charge in [0.1, 0.15) is 0 Å². The van der Waals surface area contributed by atoms with Crippen molar-refractivity contribution in [2.45, 2.75) is 0 Å². The third-order valence-corrected chi connectivity index (χ3v) is 3.34. The molecule has 0 saturated heterocycles. The monoisotopic (exact) mass is 190 g/mol. The van der Waals surface area contributed by atoms with Gasteiger partial charge >= 0.3 is 0 Å². The summed E-state index contributed by atoms with van der Waals surface area (Å²) < 4.78 is 22.2. The first-order chi connectivity index (χ1) is 3.71. The Morgan fingerprint density at radius 2 is 2.11 bits per heavy atom. The van der Waals surface area contributed by atoms with Crippen LogP contribution in [0.1, 0.15) is 0 Å². The highest BCUT2D eigenvalue weighted by Gasteiger charge is 2.10. The van der Waals surface area contributed by atoms with Crippen molar-refractivity contribution in [3.63, 3.8) is 0 Å². The lowest BCUT2D eigenvalue weighted by Crippen LogP contribution is -2.22. The molecule has 0 bridgehead atoms. The molecule has 0 amide bonds. The van der Waals surface area contributed by atoms with Gasteiger partial charge in [0.15, 0.2) is 0 Å². The lowest BCUT2D eigenvalue weighted by atomic mass is 12.0. The van der Waals surface area contributed by atoms with Crippen molar-refractivity contribution in [2.24, 2.45) is 5.50 Å². The molecule has 0 aromatic rings. The van der Waals surface area contributed by atoms with Crippen LogP contribution in [0.5, 0.6) is 0 Å². The Morgan fingerprint density at radius 1 is 1.78 bits per heavy atom. The van der Waals surface area contributed by atoms with Crippen molar-refractivity contribution in [3.05, 3.63) is 0 Å². The van der Waals surface area contributed by atoms with Crippen LogP contribution < -0.4 is 10.00 Å². The van der Waals surface area contributed by atoms with Crippen LogP contribution >= 0.6 is 6.57 Å². The zero-order valence-electron chi connectivity index (χ0n) is 4.60. The molecule has 0 spiro atoms. The Morgan fingerprint density at radius 3 is 2.11 bits per heavy atom. The number of rotatable bonds is 2. The fourth-order valence-electron chi connectivity index (χ4n) is 0.238. The second kappa shape index (κ2) is 2.61. The van der Waals surface area contributed by atoms with Crippen LogP contribution in [0.25, 0.3) is 0 Å². The predicted octanol–water partition coefficient (Wildman–Crippen LogP) is -1.29. The van der Waals surface area contributed by atoms with Crippen LogP contribution in [0, 0.1) is 0 Å². The molecule has 0 aromatic carbocycles. The summed E-state index contributed by atoms with van der Waals surface area (Å²) in [6.07, 6.45) is 0.872. The molecule has 56 valence electrons. The zero-order chi connectivity index (χ0) is 7.71. The summed E-state index contributed by atoms with van der Waals surface area (Å²) in [6, 6.07) is 0. The highest BCUT2D eigenvalue weighted by atomic mass is 32.5. The van der Waals surface area contributed by atoms with E-state index in [-0.39, 0.29) is 0 Å². The van der Waals surface area contributed by atoms with Gasteiger partial charge in [0.05, 0.1) is 6.26 Å². The van der Waals surface area contributed by atoms with Crippen molar-refractivity contribution in [1.29, 1.82) is 0 Å². The molecule has 8 heteroatoms. The molecule has 1 atom stereocenters.